The molecular weight excluding hydrogens is 351 g/mol. The van der Waals surface area contributed by atoms with Crippen LogP contribution in [0.25, 0.3) is 0 Å². The molecule has 0 amide bonds. The van der Waals surface area contributed by atoms with E-state index in [9.17, 15) is 0 Å². The summed E-state index contributed by atoms with van der Waals surface area (Å²) < 4.78 is 0. The number of hydrogen-bond acceptors (Lipinski definition) is 0. The summed E-state index contributed by atoms with van der Waals surface area (Å²) in [6.45, 7) is 9.42. The van der Waals surface area contributed by atoms with Crippen LogP contribution in [0.5, 0.6) is 0 Å². The predicted octanol–water partition coefficient (Wildman–Crippen LogP) is 4.77. The molecule has 0 aliphatic rings. The molecule has 0 heterocycles. The molecular formula is C20H44BrP. The third-order valence-electron chi connectivity index (χ3n) is 4.94. The first-order chi connectivity index (χ1) is 10.2. The quantitative estimate of drug-likeness (QED) is 0.261. The van der Waals surface area contributed by atoms with Gasteiger partial charge in [-0.25, -0.2) is 0 Å². The zero-order valence-electron chi connectivity index (χ0n) is 16.1. The van der Waals surface area contributed by atoms with E-state index < -0.39 is 7.26 Å². The first kappa shape index (κ1) is 25.2. The first-order valence-corrected chi connectivity index (χ1v) is 12.6. The van der Waals surface area contributed by atoms with E-state index in [2.05, 4.69) is 27.7 Å². The zero-order chi connectivity index (χ0) is 15.8. The molecule has 2 heteroatoms. The molecule has 0 unspecified atom stereocenters. The maximum absolute atomic E-state index is 2.38. The maximum Gasteiger partial charge on any atom is 0.0594 e. The summed E-state index contributed by atoms with van der Waals surface area (Å²) in [4.78, 5) is 0. The van der Waals surface area contributed by atoms with E-state index in [4.69, 9.17) is 0 Å². The molecule has 0 aromatic heterocycles. The largest absolute Gasteiger partial charge is 1.00 e. The second-order valence-corrected chi connectivity index (χ2v) is 11.5. The van der Waals surface area contributed by atoms with Crippen molar-refractivity contribution in [1.29, 1.82) is 0 Å². The third-order valence-corrected chi connectivity index (χ3v) is 10.0. The van der Waals surface area contributed by atoms with Crippen molar-refractivity contribution in [3.63, 3.8) is 0 Å². The van der Waals surface area contributed by atoms with Crippen LogP contribution in [0.1, 0.15) is 105 Å². The van der Waals surface area contributed by atoms with Crippen molar-refractivity contribution in [3.8, 4) is 0 Å². The molecule has 0 radical (unpaired) electrons. The maximum atomic E-state index is 2.38. The fourth-order valence-corrected chi connectivity index (χ4v) is 8.51. The number of hydrogen-bond donors (Lipinski definition) is 0. The average Bonchev–Trinajstić information content (AvgIpc) is 2.51. The van der Waals surface area contributed by atoms with Gasteiger partial charge >= 0.3 is 0 Å². The van der Waals surface area contributed by atoms with Crippen LogP contribution in [-0.4, -0.2) is 24.6 Å². The normalized spacial score (nSPS) is 11.5. The average molecular weight is 395 g/mol. The van der Waals surface area contributed by atoms with Crippen LogP contribution in [0, 0.1) is 0 Å². The highest BCUT2D eigenvalue weighted by molar-refractivity contribution is 7.75. The van der Waals surface area contributed by atoms with Crippen molar-refractivity contribution in [1.82, 2.24) is 0 Å². The van der Waals surface area contributed by atoms with Gasteiger partial charge in [-0.05, 0) is 38.5 Å². The van der Waals surface area contributed by atoms with E-state index in [1.54, 1.807) is 24.6 Å². The molecule has 0 bridgehead atoms. The lowest BCUT2D eigenvalue weighted by Crippen LogP contribution is -3.00. The summed E-state index contributed by atoms with van der Waals surface area (Å²) in [6, 6.07) is 0. The van der Waals surface area contributed by atoms with Crippen LogP contribution in [0.4, 0.5) is 0 Å². The van der Waals surface area contributed by atoms with Crippen molar-refractivity contribution >= 4 is 7.26 Å². The Hall–Kier alpha value is 0.910. The molecule has 0 fully saturated rings. The second kappa shape index (κ2) is 18.3. The lowest BCUT2D eigenvalue weighted by atomic mass is 10.2. The summed E-state index contributed by atoms with van der Waals surface area (Å²) >= 11 is 0. The summed E-state index contributed by atoms with van der Waals surface area (Å²) in [5.41, 5.74) is 0. The van der Waals surface area contributed by atoms with Crippen molar-refractivity contribution in [2.45, 2.75) is 105 Å². The van der Waals surface area contributed by atoms with Crippen LogP contribution in [0.3, 0.4) is 0 Å². The second-order valence-electron chi connectivity index (χ2n) is 7.06. The molecule has 0 saturated heterocycles. The monoisotopic (exact) mass is 394 g/mol. The molecule has 0 aliphatic carbocycles. The van der Waals surface area contributed by atoms with Crippen LogP contribution >= 0.6 is 7.26 Å². The summed E-state index contributed by atoms with van der Waals surface area (Å²) in [5, 5.41) is 0. The van der Waals surface area contributed by atoms with Gasteiger partial charge in [0.05, 0.1) is 24.6 Å². The zero-order valence-corrected chi connectivity index (χ0v) is 18.6. The van der Waals surface area contributed by atoms with Crippen molar-refractivity contribution in [2.24, 2.45) is 0 Å². The van der Waals surface area contributed by atoms with Crippen molar-refractivity contribution in [2.75, 3.05) is 24.6 Å². The van der Waals surface area contributed by atoms with Gasteiger partial charge in [-0.3, -0.25) is 0 Å². The molecule has 0 rings (SSSR count). The van der Waals surface area contributed by atoms with Gasteiger partial charge in [0, 0.05) is 7.26 Å². The molecule has 136 valence electrons. The van der Waals surface area contributed by atoms with Crippen LogP contribution < -0.4 is 17.0 Å². The number of rotatable bonds is 16. The minimum absolute atomic E-state index is 0. The molecule has 0 atom stereocenters. The van der Waals surface area contributed by atoms with Gasteiger partial charge < -0.3 is 17.0 Å². The molecule has 0 aromatic carbocycles. The van der Waals surface area contributed by atoms with E-state index in [1.165, 1.54) is 77.0 Å². The van der Waals surface area contributed by atoms with E-state index >= 15 is 0 Å². The fourth-order valence-electron chi connectivity index (χ4n) is 3.41. The Kier molecular flexibility index (Phi) is 20.9. The standard InChI is InChI=1S/C20H44P.BrH/c1-5-9-13-15-19-21(17-11-7-3,18-12-8-4)20-16-14-10-6-2;/h5-20H2,1-4H3;1H/q+1;/p-1. The SMILES string of the molecule is CCCCCC[P+](CCCC)(CCCC)CCCCCC.[Br-]. The van der Waals surface area contributed by atoms with Gasteiger partial charge in [-0.15, -0.1) is 0 Å². The highest BCUT2D eigenvalue weighted by Gasteiger charge is 2.34. The Morgan fingerprint density at radius 2 is 0.727 bits per heavy atom. The van der Waals surface area contributed by atoms with Crippen LogP contribution in [0.2, 0.25) is 0 Å². The minimum Gasteiger partial charge on any atom is -1.00 e. The van der Waals surface area contributed by atoms with Gasteiger partial charge in [0.25, 0.3) is 0 Å². The van der Waals surface area contributed by atoms with Crippen molar-refractivity contribution < 1.29 is 17.0 Å². The van der Waals surface area contributed by atoms with E-state index in [1.807, 2.05) is 0 Å². The van der Waals surface area contributed by atoms with Gasteiger partial charge in [-0.2, -0.15) is 0 Å². The highest BCUT2D eigenvalue weighted by Crippen LogP contribution is 2.61. The molecule has 0 saturated carbocycles. The van der Waals surface area contributed by atoms with Crippen LogP contribution in [0.15, 0.2) is 0 Å². The Labute approximate surface area is 153 Å². The summed E-state index contributed by atoms with van der Waals surface area (Å²) in [5.74, 6) is 0. The Morgan fingerprint density at radius 1 is 0.409 bits per heavy atom. The Morgan fingerprint density at radius 3 is 1.05 bits per heavy atom. The lowest BCUT2D eigenvalue weighted by molar-refractivity contribution is -0.00000491. The topological polar surface area (TPSA) is 0 Å². The van der Waals surface area contributed by atoms with Crippen LogP contribution in [-0.2, 0) is 0 Å². The number of unbranched alkanes of at least 4 members (excludes halogenated alkanes) is 8. The van der Waals surface area contributed by atoms with E-state index in [-0.39, 0.29) is 17.0 Å². The van der Waals surface area contributed by atoms with Crippen molar-refractivity contribution in [3.05, 3.63) is 0 Å². The molecule has 0 nitrogen and oxygen atoms in total. The van der Waals surface area contributed by atoms with Gasteiger partial charge in [0.1, 0.15) is 0 Å². The van der Waals surface area contributed by atoms with E-state index in [0.717, 1.165) is 0 Å². The summed E-state index contributed by atoms with van der Waals surface area (Å²) in [6.07, 6.45) is 24.0. The Balaban J connectivity index is 0. The van der Waals surface area contributed by atoms with Gasteiger partial charge in [0.15, 0.2) is 0 Å². The Bertz CT molecular complexity index is 184. The molecule has 0 N–H and O–H groups in total. The first-order valence-electron chi connectivity index (χ1n) is 10.1. The molecule has 0 aliphatic heterocycles. The lowest BCUT2D eigenvalue weighted by Gasteiger charge is -2.28. The van der Waals surface area contributed by atoms with Gasteiger partial charge in [0.2, 0.25) is 0 Å². The predicted molar refractivity (Wildman–Crippen MR) is 104 cm³/mol. The molecule has 0 aromatic rings. The van der Waals surface area contributed by atoms with E-state index in [0.29, 0.717) is 0 Å². The minimum atomic E-state index is -0.610. The number of halogens is 1. The fraction of sp³-hybridized carbons (Fsp3) is 1.00. The highest BCUT2D eigenvalue weighted by atomic mass is 79.9. The third kappa shape index (κ3) is 13.4. The molecule has 22 heavy (non-hydrogen) atoms. The molecule has 0 spiro atoms. The van der Waals surface area contributed by atoms with Gasteiger partial charge in [-0.1, -0.05) is 66.2 Å². The smallest absolute Gasteiger partial charge is 0.0594 e. The summed E-state index contributed by atoms with van der Waals surface area (Å²) in [7, 11) is -0.610.